The number of thiazole rings is 1. The maximum absolute atomic E-state index is 12.0. The van der Waals surface area contributed by atoms with Gasteiger partial charge in [0.05, 0.1) is 23.9 Å². The van der Waals surface area contributed by atoms with Crippen LogP contribution in [-0.2, 0) is 4.74 Å². The fraction of sp³-hybridized carbons (Fsp3) is 0.722. The molecule has 1 aromatic rings. The highest BCUT2D eigenvalue weighted by Gasteiger charge is 2.21. The average Bonchev–Trinajstić information content (AvgIpc) is 3.07. The van der Waals surface area contributed by atoms with Crippen LogP contribution in [0.3, 0.4) is 0 Å². The first kappa shape index (κ1) is 21.6. The summed E-state index contributed by atoms with van der Waals surface area (Å²) in [5.74, 6) is 1.29. The Kier molecular flexibility index (Phi) is 8.96. The van der Waals surface area contributed by atoms with Crippen molar-refractivity contribution in [3.63, 3.8) is 0 Å². The monoisotopic (exact) mass is 396 g/mol. The molecule has 8 nitrogen and oxygen atoms in total. The lowest BCUT2D eigenvalue weighted by Gasteiger charge is -2.34. The van der Waals surface area contributed by atoms with Crippen molar-refractivity contribution in [1.82, 2.24) is 25.8 Å². The maximum Gasteiger partial charge on any atom is 0.263 e. The molecular weight excluding hydrogens is 364 g/mol. The number of nitrogens with one attached hydrogen (secondary N) is 3. The molecule has 1 aliphatic rings. The molecule has 0 bridgehead atoms. The Morgan fingerprint density at radius 2 is 2.19 bits per heavy atom. The molecule has 2 heterocycles. The molecule has 1 aromatic heterocycles. The first-order chi connectivity index (χ1) is 13.0. The van der Waals surface area contributed by atoms with Gasteiger partial charge >= 0.3 is 0 Å². The third-order valence-electron chi connectivity index (χ3n) is 4.22. The van der Waals surface area contributed by atoms with Crippen LogP contribution in [0.4, 0.5) is 0 Å². The summed E-state index contributed by atoms with van der Waals surface area (Å²) < 4.78 is 5.85. The van der Waals surface area contributed by atoms with Crippen LogP contribution in [0, 0.1) is 12.8 Å². The van der Waals surface area contributed by atoms with Crippen LogP contribution in [0.15, 0.2) is 10.5 Å². The number of aromatic nitrogens is 1. The normalized spacial score (nSPS) is 18.6. The largest absolute Gasteiger partial charge is 0.374 e. The second kappa shape index (κ2) is 11.2. The highest BCUT2D eigenvalue weighted by molar-refractivity contribution is 7.11. The highest BCUT2D eigenvalue weighted by Crippen LogP contribution is 2.11. The topological polar surface area (TPSA) is 90.9 Å². The van der Waals surface area contributed by atoms with E-state index in [9.17, 15) is 4.79 Å². The lowest BCUT2D eigenvalue weighted by atomic mass is 10.2. The van der Waals surface area contributed by atoms with Crippen molar-refractivity contribution in [2.75, 3.05) is 52.9 Å². The number of guanidine groups is 1. The molecule has 0 saturated carbocycles. The van der Waals surface area contributed by atoms with Gasteiger partial charge in [0.15, 0.2) is 5.96 Å². The number of morpholine rings is 1. The fourth-order valence-corrected chi connectivity index (χ4v) is 3.69. The number of ether oxygens (including phenoxy) is 1. The molecule has 0 radical (unpaired) electrons. The highest BCUT2D eigenvalue weighted by atomic mass is 32.1. The third kappa shape index (κ3) is 7.43. The van der Waals surface area contributed by atoms with Gasteiger partial charge in [-0.15, -0.1) is 11.3 Å². The predicted molar refractivity (Wildman–Crippen MR) is 110 cm³/mol. The molecule has 1 unspecified atom stereocenters. The minimum absolute atomic E-state index is 0.0828. The van der Waals surface area contributed by atoms with E-state index in [0.717, 1.165) is 31.9 Å². The van der Waals surface area contributed by atoms with Gasteiger partial charge in [0.2, 0.25) is 0 Å². The van der Waals surface area contributed by atoms with Gasteiger partial charge in [-0.3, -0.25) is 14.7 Å². The summed E-state index contributed by atoms with van der Waals surface area (Å²) in [6.45, 7) is 11.9. The minimum atomic E-state index is -0.0828. The maximum atomic E-state index is 12.0. The summed E-state index contributed by atoms with van der Waals surface area (Å²) in [5.41, 5.74) is 2.45. The van der Waals surface area contributed by atoms with Crippen LogP contribution in [0.5, 0.6) is 0 Å². The van der Waals surface area contributed by atoms with Crippen LogP contribution >= 0.6 is 11.3 Å². The summed E-state index contributed by atoms with van der Waals surface area (Å²) in [6, 6.07) is 0. The third-order valence-corrected chi connectivity index (χ3v) is 5.15. The van der Waals surface area contributed by atoms with E-state index in [2.05, 4.69) is 44.7 Å². The van der Waals surface area contributed by atoms with Crippen LogP contribution in [0.1, 0.15) is 29.2 Å². The van der Waals surface area contributed by atoms with E-state index in [1.165, 1.54) is 11.3 Å². The summed E-state index contributed by atoms with van der Waals surface area (Å²) in [6.07, 6.45) is 0.157. The number of hydrogen-bond acceptors (Lipinski definition) is 6. The number of amides is 1. The molecule has 2 rings (SSSR count). The zero-order chi connectivity index (χ0) is 19.6. The van der Waals surface area contributed by atoms with E-state index in [1.807, 2.05) is 6.92 Å². The van der Waals surface area contributed by atoms with Crippen LogP contribution in [-0.4, -0.2) is 80.8 Å². The average molecular weight is 397 g/mol. The Morgan fingerprint density at radius 1 is 1.41 bits per heavy atom. The zero-order valence-corrected chi connectivity index (χ0v) is 17.6. The Morgan fingerprint density at radius 3 is 2.85 bits per heavy atom. The second-order valence-electron chi connectivity index (χ2n) is 7.05. The predicted octanol–water partition coefficient (Wildman–Crippen LogP) is 0.703. The number of carbonyl (C=O) groups is 1. The molecule has 1 saturated heterocycles. The number of aliphatic imine (C=N–C) groups is 1. The standard InChI is InChI=1S/C18H32N6O2S/c1-13(2)10-24-7-8-26-15(11-24)9-22-18(19-4)21-6-5-20-17(25)16-14(3)23-12-27-16/h12-13,15H,5-11H2,1-4H3,(H,20,25)(H2,19,21,22). The van der Waals surface area contributed by atoms with Crippen LogP contribution in [0.25, 0.3) is 0 Å². The number of aryl methyl sites for hydroxylation is 1. The quantitative estimate of drug-likeness (QED) is 0.340. The van der Waals surface area contributed by atoms with Crippen molar-refractivity contribution in [1.29, 1.82) is 0 Å². The number of rotatable bonds is 8. The molecule has 3 N–H and O–H groups in total. The Hall–Kier alpha value is -1.71. The van der Waals surface area contributed by atoms with Crippen molar-refractivity contribution < 1.29 is 9.53 Å². The molecule has 1 amide bonds. The van der Waals surface area contributed by atoms with E-state index in [1.54, 1.807) is 12.6 Å². The van der Waals surface area contributed by atoms with Gasteiger partial charge in [-0.05, 0) is 12.8 Å². The Bertz CT molecular complexity index is 619. The van der Waals surface area contributed by atoms with Crippen molar-refractivity contribution in [2.45, 2.75) is 26.9 Å². The van der Waals surface area contributed by atoms with E-state index in [-0.39, 0.29) is 12.0 Å². The minimum Gasteiger partial charge on any atom is -0.374 e. The molecular formula is C18H32N6O2S. The lowest BCUT2D eigenvalue weighted by molar-refractivity contribution is -0.0284. The number of nitrogens with zero attached hydrogens (tertiary/aromatic N) is 3. The van der Waals surface area contributed by atoms with E-state index < -0.39 is 0 Å². The molecule has 152 valence electrons. The van der Waals surface area contributed by atoms with Gasteiger partial charge in [-0.25, -0.2) is 4.98 Å². The summed E-state index contributed by atoms with van der Waals surface area (Å²) in [5, 5.41) is 9.40. The van der Waals surface area contributed by atoms with Crippen molar-refractivity contribution in [2.24, 2.45) is 10.9 Å². The smallest absolute Gasteiger partial charge is 0.263 e. The SMILES string of the molecule is CN=C(NCCNC(=O)c1scnc1C)NCC1CN(CC(C)C)CCO1. The Balaban J connectivity index is 1.64. The number of hydrogen-bond donors (Lipinski definition) is 3. The van der Waals surface area contributed by atoms with Crippen LogP contribution in [0.2, 0.25) is 0 Å². The van der Waals surface area contributed by atoms with Gasteiger partial charge < -0.3 is 20.7 Å². The van der Waals surface area contributed by atoms with Crippen molar-refractivity contribution >= 4 is 23.2 Å². The molecule has 9 heteroatoms. The molecule has 0 aromatic carbocycles. The van der Waals surface area contributed by atoms with Gasteiger partial charge in [0.25, 0.3) is 5.91 Å². The molecule has 0 spiro atoms. The van der Waals surface area contributed by atoms with E-state index in [4.69, 9.17) is 4.74 Å². The second-order valence-corrected chi connectivity index (χ2v) is 7.90. The first-order valence-corrected chi connectivity index (χ1v) is 10.3. The first-order valence-electron chi connectivity index (χ1n) is 9.46. The molecule has 1 atom stereocenters. The molecule has 1 aliphatic heterocycles. The van der Waals surface area contributed by atoms with Gasteiger partial charge in [0.1, 0.15) is 4.88 Å². The summed E-state index contributed by atoms with van der Waals surface area (Å²) in [4.78, 5) is 23.5. The molecule has 27 heavy (non-hydrogen) atoms. The van der Waals surface area contributed by atoms with Crippen molar-refractivity contribution in [3.05, 3.63) is 16.1 Å². The van der Waals surface area contributed by atoms with Gasteiger partial charge in [-0.1, -0.05) is 13.8 Å². The zero-order valence-electron chi connectivity index (χ0n) is 16.7. The summed E-state index contributed by atoms with van der Waals surface area (Å²) in [7, 11) is 1.74. The molecule has 1 fully saturated rings. The fourth-order valence-electron chi connectivity index (χ4n) is 2.97. The lowest BCUT2D eigenvalue weighted by Crippen LogP contribution is -2.50. The van der Waals surface area contributed by atoms with Gasteiger partial charge in [-0.2, -0.15) is 0 Å². The van der Waals surface area contributed by atoms with Gasteiger partial charge in [0, 0.05) is 46.3 Å². The Labute approximate surface area is 165 Å². The van der Waals surface area contributed by atoms with Crippen LogP contribution < -0.4 is 16.0 Å². The van der Waals surface area contributed by atoms with E-state index >= 15 is 0 Å². The summed E-state index contributed by atoms with van der Waals surface area (Å²) >= 11 is 1.36. The van der Waals surface area contributed by atoms with Crippen molar-refractivity contribution in [3.8, 4) is 0 Å². The van der Waals surface area contributed by atoms with E-state index in [0.29, 0.717) is 36.4 Å². The number of carbonyl (C=O) groups excluding carboxylic acids is 1. The molecule has 0 aliphatic carbocycles.